The molecule has 1 saturated heterocycles. The summed E-state index contributed by atoms with van der Waals surface area (Å²) >= 11 is 1.26. The lowest BCUT2D eigenvalue weighted by atomic mass is 10.1. The number of hydrogen-bond donors (Lipinski definition) is 1. The van der Waals surface area contributed by atoms with Gasteiger partial charge in [0.2, 0.25) is 11.8 Å². The molecule has 32 heavy (non-hydrogen) atoms. The maximum Gasteiger partial charge on any atom is 0.242 e. The molecule has 0 unspecified atom stereocenters. The molecule has 3 rings (SSSR count). The fraction of sp³-hybridized carbons (Fsp3) is 0.348. The predicted molar refractivity (Wildman–Crippen MR) is 123 cm³/mol. The number of rotatable bonds is 9. The standard InChI is InChI=1S/C23H26FN3O4S/c1-4-25-21(28)14-20-22(29)27(23(32-20)26-17-8-6-16(24)7-9-17)12-11-15-5-10-18(30-2)19(13-15)31-3/h5-10,13,20H,4,11-12,14H2,1-3H3,(H,25,28)/t20-/m1/s1. The Labute approximate surface area is 191 Å². The number of hydrogen-bond acceptors (Lipinski definition) is 6. The topological polar surface area (TPSA) is 80.2 Å². The first-order valence-electron chi connectivity index (χ1n) is 10.2. The van der Waals surface area contributed by atoms with Crippen LogP contribution >= 0.6 is 11.8 Å². The molecule has 2 amide bonds. The fourth-order valence-electron chi connectivity index (χ4n) is 3.27. The highest BCUT2D eigenvalue weighted by molar-refractivity contribution is 8.15. The van der Waals surface area contributed by atoms with Gasteiger partial charge in [0.1, 0.15) is 11.1 Å². The van der Waals surface area contributed by atoms with E-state index < -0.39 is 5.25 Å². The average Bonchev–Trinajstić information content (AvgIpc) is 3.07. The fourth-order valence-corrected chi connectivity index (χ4v) is 4.46. The van der Waals surface area contributed by atoms with Crippen LogP contribution in [0.15, 0.2) is 47.5 Å². The number of thioether (sulfide) groups is 1. The molecule has 1 fully saturated rings. The number of aliphatic imine (C=N–C) groups is 1. The summed E-state index contributed by atoms with van der Waals surface area (Å²) in [6.45, 7) is 2.72. The van der Waals surface area contributed by atoms with Gasteiger partial charge in [0, 0.05) is 19.5 Å². The number of nitrogens with zero attached hydrogens (tertiary/aromatic N) is 2. The molecule has 0 bridgehead atoms. The van der Waals surface area contributed by atoms with Gasteiger partial charge in [-0.15, -0.1) is 0 Å². The van der Waals surface area contributed by atoms with E-state index in [4.69, 9.17) is 9.47 Å². The van der Waals surface area contributed by atoms with Gasteiger partial charge in [-0.3, -0.25) is 14.5 Å². The predicted octanol–water partition coefficient (Wildman–Crippen LogP) is 3.54. The minimum atomic E-state index is -0.550. The van der Waals surface area contributed by atoms with E-state index in [1.807, 2.05) is 25.1 Å². The Morgan fingerprint density at radius 2 is 1.88 bits per heavy atom. The molecule has 170 valence electrons. The van der Waals surface area contributed by atoms with Crippen molar-refractivity contribution in [1.29, 1.82) is 0 Å². The van der Waals surface area contributed by atoms with E-state index in [9.17, 15) is 14.0 Å². The minimum absolute atomic E-state index is 0.0760. The van der Waals surface area contributed by atoms with Crippen LogP contribution in [0.1, 0.15) is 18.9 Å². The van der Waals surface area contributed by atoms with Crippen molar-refractivity contribution in [1.82, 2.24) is 10.2 Å². The highest BCUT2D eigenvalue weighted by atomic mass is 32.2. The van der Waals surface area contributed by atoms with Crippen LogP contribution in [-0.4, -0.2) is 54.4 Å². The van der Waals surface area contributed by atoms with E-state index in [1.54, 1.807) is 31.3 Å². The Morgan fingerprint density at radius 3 is 2.53 bits per heavy atom. The molecule has 9 heteroatoms. The zero-order valence-electron chi connectivity index (χ0n) is 18.3. The van der Waals surface area contributed by atoms with Crippen LogP contribution in [0.3, 0.4) is 0 Å². The summed E-state index contributed by atoms with van der Waals surface area (Å²) in [6.07, 6.45) is 0.635. The smallest absolute Gasteiger partial charge is 0.242 e. The lowest BCUT2D eigenvalue weighted by Crippen LogP contribution is -2.36. The summed E-state index contributed by atoms with van der Waals surface area (Å²) in [4.78, 5) is 31.3. The Morgan fingerprint density at radius 1 is 1.16 bits per heavy atom. The number of amidine groups is 1. The van der Waals surface area contributed by atoms with E-state index in [0.717, 1.165) is 5.56 Å². The second-order valence-electron chi connectivity index (χ2n) is 7.06. The van der Waals surface area contributed by atoms with Crippen LogP contribution < -0.4 is 14.8 Å². The molecule has 0 aromatic heterocycles. The summed E-state index contributed by atoms with van der Waals surface area (Å²) in [7, 11) is 3.15. The normalized spacial score (nSPS) is 17.0. The van der Waals surface area contributed by atoms with Crippen molar-refractivity contribution in [3.8, 4) is 11.5 Å². The SMILES string of the molecule is CCNC(=O)C[C@H]1SC(=Nc2ccc(F)cc2)N(CCc2ccc(OC)c(OC)c2)C1=O. The first-order valence-corrected chi connectivity index (χ1v) is 11.1. The first-order chi connectivity index (χ1) is 15.4. The van der Waals surface area contributed by atoms with E-state index in [-0.39, 0.29) is 24.1 Å². The summed E-state index contributed by atoms with van der Waals surface area (Å²) in [5.41, 5.74) is 1.50. The molecule has 1 N–H and O–H groups in total. The highest BCUT2D eigenvalue weighted by Crippen LogP contribution is 2.33. The van der Waals surface area contributed by atoms with Gasteiger partial charge in [-0.05, 0) is 55.3 Å². The van der Waals surface area contributed by atoms with Gasteiger partial charge in [0.05, 0.1) is 19.9 Å². The van der Waals surface area contributed by atoms with E-state index in [1.165, 1.54) is 23.9 Å². The van der Waals surface area contributed by atoms with Gasteiger partial charge in [-0.25, -0.2) is 9.38 Å². The molecule has 2 aromatic carbocycles. The van der Waals surface area contributed by atoms with Gasteiger partial charge in [-0.1, -0.05) is 17.8 Å². The number of carbonyl (C=O) groups excluding carboxylic acids is 2. The third kappa shape index (κ3) is 5.79. The van der Waals surface area contributed by atoms with Crippen molar-refractivity contribution in [3.05, 3.63) is 53.8 Å². The molecule has 1 aliphatic rings. The quantitative estimate of drug-likeness (QED) is 0.621. The van der Waals surface area contributed by atoms with E-state index in [2.05, 4.69) is 10.3 Å². The lowest BCUT2D eigenvalue weighted by Gasteiger charge is -2.17. The number of ether oxygens (including phenoxy) is 2. The van der Waals surface area contributed by atoms with Crippen LogP contribution in [0.4, 0.5) is 10.1 Å². The number of carbonyl (C=O) groups is 2. The van der Waals surface area contributed by atoms with Crippen molar-refractivity contribution in [2.75, 3.05) is 27.3 Å². The highest BCUT2D eigenvalue weighted by Gasteiger charge is 2.38. The molecule has 0 spiro atoms. The second kappa shape index (κ2) is 11.0. The summed E-state index contributed by atoms with van der Waals surface area (Å²) < 4.78 is 23.9. The number of amides is 2. The number of benzene rings is 2. The Balaban J connectivity index is 1.81. The Kier molecular flexibility index (Phi) is 8.10. The van der Waals surface area contributed by atoms with E-state index >= 15 is 0 Å². The number of halogens is 1. The van der Waals surface area contributed by atoms with Gasteiger partial charge < -0.3 is 14.8 Å². The molecule has 2 aromatic rings. The molecule has 7 nitrogen and oxygen atoms in total. The molecule has 1 atom stereocenters. The van der Waals surface area contributed by atoms with Crippen molar-refractivity contribution >= 4 is 34.4 Å². The third-order valence-corrected chi connectivity index (χ3v) is 6.06. The van der Waals surface area contributed by atoms with E-state index in [0.29, 0.717) is 41.9 Å². The Hall–Kier alpha value is -3.07. The van der Waals surface area contributed by atoms with Crippen molar-refractivity contribution in [3.63, 3.8) is 0 Å². The Bertz CT molecular complexity index is 997. The zero-order valence-corrected chi connectivity index (χ0v) is 19.1. The zero-order chi connectivity index (χ0) is 23.1. The van der Waals surface area contributed by atoms with Gasteiger partial charge >= 0.3 is 0 Å². The lowest BCUT2D eigenvalue weighted by molar-refractivity contribution is -0.129. The van der Waals surface area contributed by atoms with Crippen LogP contribution in [0.2, 0.25) is 0 Å². The van der Waals surface area contributed by atoms with Crippen molar-refractivity contribution in [2.45, 2.75) is 25.0 Å². The monoisotopic (exact) mass is 459 g/mol. The second-order valence-corrected chi connectivity index (χ2v) is 8.23. The van der Waals surface area contributed by atoms with Crippen molar-refractivity contribution in [2.24, 2.45) is 4.99 Å². The largest absolute Gasteiger partial charge is 0.493 e. The van der Waals surface area contributed by atoms with Gasteiger partial charge in [0.25, 0.3) is 0 Å². The maximum absolute atomic E-state index is 13.3. The molecule has 0 aliphatic carbocycles. The molecule has 1 heterocycles. The van der Waals surface area contributed by atoms with Crippen LogP contribution in [0.25, 0.3) is 0 Å². The van der Waals surface area contributed by atoms with Gasteiger partial charge in [0.15, 0.2) is 16.7 Å². The molecule has 0 saturated carbocycles. The van der Waals surface area contributed by atoms with Crippen LogP contribution in [0.5, 0.6) is 11.5 Å². The van der Waals surface area contributed by atoms with Crippen LogP contribution in [0, 0.1) is 5.82 Å². The molecule has 0 radical (unpaired) electrons. The summed E-state index contributed by atoms with van der Waals surface area (Å²) in [5, 5.41) is 2.68. The molecular formula is C23H26FN3O4S. The number of nitrogens with one attached hydrogen (secondary N) is 1. The summed E-state index contributed by atoms with van der Waals surface area (Å²) in [5.74, 6) is 0.540. The van der Waals surface area contributed by atoms with Gasteiger partial charge in [-0.2, -0.15) is 0 Å². The minimum Gasteiger partial charge on any atom is -0.493 e. The maximum atomic E-state index is 13.3. The number of methoxy groups -OCH3 is 2. The third-order valence-electron chi connectivity index (χ3n) is 4.89. The van der Waals surface area contributed by atoms with Crippen molar-refractivity contribution < 1.29 is 23.5 Å². The first kappa shape index (κ1) is 23.6. The molecular weight excluding hydrogens is 433 g/mol. The van der Waals surface area contributed by atoms with Crippen LogP contribution in [-0.2, 0) is 16.0 Å². The molecule has 1 aliphatic heterocycles. The summed E-state index contributed by atoms with van der Waals surface area (Å²) in [6, 6.07) is 11.4. The average molecular weight is 460 g/mol.